The molecule has 0 radical (unpaired) electrons. The van der Waals surface area contributed by atoms with Gasteiger partial charge in [-0.2, -0.15) is 4.98 Å². The number of nitrogens with one attached hydrogen (secondary N) is 2. The van der Waals surface area contributed by atoms with E-state index in [4.69, 9.17) is 9.84 Å². The second kappa shape index (κ2) is 7.93. The van der Waals surface area contributed by atoms with Crippen LogP contribution in [0.25, 0.3) is 0 Å². The molecule has 0 aliphatic carbocycles. The molecule has 2 amide bonds. The molecule has 1 aromatic rings. The number of carbonyl (C=O) groups is 2. The molecule has 0 fully saturated rings. The van der Waals surface area contributed by atoms with Crippen molar-refractivity contribution in [2.24, 2.45) is 0 Å². The fourth-order valence-electron chi connectivity index (χ4n) is 1.45. The molecule has 0 saturated carbocycles. The predicted octanol–water partition coefficient (Wildman–Crippen LogP) is 1.17. The normalized spacial score (nSPS) is 9.90. The number of aryl methyl sites for hydroxylation is 1. The molecule has 20 heavy (non-hydrogen) atoms. The molecular formula is C12H18N4O4. The Labute approximate surface area is 116 Å². The highest BCUT2D eigenvalue weighted by atomic mass is 16.5. The summed E-state index contributed by atoms with van der Waals surface area (Å²) in [6, 6.07) is 1.21. The summed E-state index contributed by atoms with van der Waals surface area (Å²) in [4.78, 5) is 29.9. The van der Waals surface area contributed by atoms with Gasteiger partial charge in [0, 0.05) is 24.7 Å². The lowest BCUT2D eigenvalue weighted by molar-refractivity contribution is -0.137. The fraction of sp³-hybridized carbons (Fsp3) is 0.500. The first-order chi connectivity index (χ1) is 9.51. The quantitative estimate of drug-likeness (QED) is 0.647. The third-order valence-electron chi connectivity index (χ3n) is 2.37. The smallest absolute Gasteiger partial charge is 0.321 e. The van der Waals surface area contributed by atoms with Crippen molar-refractivity contribution in [2.75, 3.05) is 19.0 Å². The van der Waals surface area contributed by atoms with Crippen LogP contribution in [-0.4, -0.2) is 40.7 Å². The fourth-order valence-corrected chi connectivity index (χ4v) is 1.45. The van der Waals surface area contributed by atoms with Crippen molar-refractivity contribution >= 4 is 17.9 Å². The summed E-state index contributed by atoms with van der Waals surface area (Å²) in [5.74, 6) is -0.311. The van der Waals surface area contributed by atoms with Crippen LogP contribution in [0.5, 0.6) is 5.88 Å². The number of unbranched alkanes of at least 4 members (excludes halogenated alkanes) is 1. The average Bonchev–Trinajstić information content (AvgIpc) is 2.37. The van der Waals surface area contributed by atoms with E-state index in [1.165, 1.54) is 7.11 Å². The van der Waals surface area contributed by atoms with E-state index in [-0.39, 0.29) is 12.4 Å². The first kappa shape index (κ1) is 15.7. The van der Waals surface area contributed by atoms with Crippen molar-refractivity contribution in [2.45, 2.75) is 26.2 Å². The summed E-state index contributed by atoms with van der Waals surface area (Å²) in [6.07, 6.45) is 1.21. The van der Waals surface area contributed by atoms with Gasteiger partial charge in [-0.15, -0.1) is 0 Å². The molecule has 1 rings (SSSR count). The van der Waals surface area contributed by atoms with Gasteiger partial charge < -0.3 is 15.2 Å². The number of carboxylic acids is 1. The van der Waals surface area contributed by atoms with Crippen molar-refractivity contribution in [3.8, 4) is 5.88 Å². The largest absolute Gasteiger partial charge is 0.481 e. The maximum Gasteiger partial charge on any atom is 0.321 e. The summed E-state index contributed by atoms with van der Waals surface area (Å²) >= 11 is 0. The zero-order valence-corrected chi connectivity index (χ0v) is 11.5. The highest BCUT2D eigenvalue weighted by Crippen LogP contribution is 2.10. The van der Waals surface area contributed by atoms with E-state index in [2.05, 4.69) is 20.6 Å². The van der Waals surface area contributed by atoms with Gasteiger partial charge in [0.2, 0.25) is 11.8 Å². The van der Waals surface area contributed by atoms with Gasteiger partial charge in [-0.05, 0) is 19.8 Å². The highest BCUT2D eigenvalue weighted by molar-refractivity contribution is 5.87. The molecule has 8 heteroatoms. The van der Waals surface area contributed by atoms with Crippen LogP contribution in [0, 0.1) is 6.92 Å². The van der Waals surface area contributed by atoms with Crippen LogP contribution in [0.3, 0.4) is 0 Å². The number of carbonyl (C=O) groups excluding carboxylic acids is 1. The van der Waals surface area contributed by atoms with Crippen LogP contribution < -0.4 is 15.4 Å². The van der Waals surface area contributed by atoms with Gasteiger partial charge in [-0.25, -0.2) is 9.78 Å². The number of hydrogen-bond donors (Lipinski definition) is 3. The number of methoxy groups -OCH3 is 1. The second-order valence-corrected chi connectivity index (χ2v) is 4.11. The standard InChI is InChI=1S/C12H18N4O4/c1-8-7-9(20-2)15-11(14-8)16-12(19)13-6-4-3-5-10(17)18/h7H,3-6H2,1-2H3,(H,17,18)(H2,13,14,15,16,19). The molecule has 3 N–H and O–H groups in total. The Hall–Kier alpha value is -2.38. The van der Waals surface area contributed by atoms with E-state index in [0.29, 0.717) is 31.0 Å². The summed E-state index contributed by atoms with van der Waals surface area (Å²) in [7, 11) is 1.48. The average molecular weight is 282 g/mol. The SMILES string of the molecule is COc1cc(C)nc(NC(=O)NCCCCC(=O)O)n1. The molecule has 8 nitrogen and oxygen atoms in total. The Morgan fingerprint density at radius 3 is 2.75 bits per heavy atom. The number of hydrogen-bond acceptors (Lipinski definition) is 5. The van der Waals surface area contributed by atoms with E-state index in [1.54, 1.807) is 13.0 Å². The minimum Gasteiger partial charge on any atom is -0.481 e. The number of nitrogens with zero attached hydrogens (tertiary/aromatic N) is 2. The Kier molecular flexibility index (Phi) is 6.21. The molecule has 0 aliphatic rings. The predicted molar refractivity (Wildman–Crippen MR) is 71.8 cm³/mol. The molecule has 0 unspecified atom stereocenters. The summed E-state index contributed by atoms with van der Waals surface area (Å²) in [6.45, 7) is 2.15. The topological polar surface area (TPSA) is 113 Å². The van der Waals surface area contributed by atoms with Gasteiger partial charge >= 0.3 is 12.0 Å². The summed E-state index contributed by atoms with van der Waals surface area (Å²) in [5, 5.41) is 13.6. The van der Waals surface area contributed by atoms with E-state index >= 15 is 0 Å². The third-order valence-corrected chi connectivity index (χ3v) is 2.37. The van der Waals surface area contributed by atoms with Crippen LogP contribution in [0.1, 0.15) is 25.0 Å². The van der Waals surface area contributed by atoms with Crippen LogP contribution >= 0.6 is 0 Å². The van der Waals surface area contributed by atoms with E-state index in [0.717, 1.165) is 0 Å². The number of ether oxygens (including phenoxy) is 1. The number of amides is 2. The number of aliphatic carboxylic acids is 1. The Morgan fingerprint density at radius 1 is 1.35 bits per heavy atom. The maximum atomic E-state index is 11.6. The van der Waals surface area contributed by atoms with Crippen molar-refractivity contribution in [3.63, 3.8) is 0 Å². The van der Waals surface area contributed by atoms with Gasteiger partial charge in [-0.3, -0.25) is 10.1 Å². The molecule has 0 saturated heterocycles. The molecular weight excluding hydrogens is 264 g/mol. The second-order valence-electron chi connectivity index (χ2n) is 4.11. The van der Waals surface area contributed by atoms with Crippen molar-refractivity contribution in [1.29, 1.82) is 0 Å². The van der Waals surface area contributed by atoms with Crippen LogP contribution in [0.4, 0.5) is 10.7 Å². The van der Waals surface area contributed by atoms with Gasteiger partial charge in [-0.1, -0.05) is 0 Å². The monoisotopic (exact) mass is 282 g/mol. The van der Waals surface area contributed by atoms with Gasteiger partial charge in [0.1, 0.15) is 0 Å². The summed E-state index contributed by atoms with van der Waals surface area (Å²) in [5.41, 5.74) is 0.675. The lowest BCUT2D eigenvalue weighted by Gasteiger charge is -2.07. The Balaban J connectivity index is 2.35. The molecule has 1 aromatic heterocycles. The van der Waals surface area contributed by atoms with E-state index in [1.807, 2.05) is 0 Å². The number of rotatable bonds is 7. The lowest BCUT2D eigenvalue weighted by atomic mass is 10.2. The first-order valence-electron chi connectivity index (χ1n) is 6.17. The minimum atomic E-state index is -0.838. The third kappa shape index (κ3) is 5.98. The molecule has 0 spiro atoms. The highest BCUT2D eigenvalue weighted by Gasteiger charge is 2.06. The van der Waals surface area contributed by atoms with E-state index < -0.39 is 12.0 Å². The van der Waals surface area contributed by atoms with Gasteiger partial charge in [0.05, 0.1) is 7.11 Å². The zero-order valence-electron chi connectivity index (χ0n) is 11.5. The minimum absolute atomic E-state index is 0.0987. The number of urea groups is 1. The zero-order chi connectivity index (χ0) is 15.0. The van der Waals surface area contributed by atoms with Gasteiger partial charge in [0.25, 0.3) is 0 Å². The number of aromatic nitrogens is 2. The lowest BCUT2D eigenvalue weighted by Crippen LogP contribution is -2.30. The summed E-state index contributed by atoms with van der Waals surface area (Å²) < 4.78 is 4.97. The molecule has 1 heterocycles. The van der Waals surface area contributed by atoms with Crippen LogP contribution in [0.2, 0.25) is 0 Å². The van der Waals surface area contributed by atoms with Crippen molar-refractivity contribution in [1.82, 2.24) is 15.3 Å². The first-order valence-corrected chi connectivity index (χ1v) is 6.17. The molecule has 0 atom stereocenters. The van der Waals surface area contributed by atoms with Gasteiger partial charge in [0.15, 0.2) is 0 Å². The maximum absolute atomic E-state index is 11.6. The van der Waals surface area contributed by atoms with Crippen LogP contribution in [0.15, 0.2) is 6.07 Å². The number of carboxylic acid groups (broad SMARTS) is 1. The van der Waals surface area contributed by atoms with Crippen molar-refractivity contribution < 1.29 is 19.4 Å². The van der Waals surface area contributed by atoms with Crippen molar-refractivity contribution in [3.05, 3.63) is 11.8 Å². The number of anilines is 1. The molecule has 110 valence electrons. The van der Waals surface area contributed by atoms with E-state index in [9.17, 15) is 9.59 Å². The Bertz CT molecular complexity index is 479. The molecule has 0 aromatic carbocycles. The molecule has 0 aliphatic heterocycles. The van der Waals surface area contributed by atoms with Crippen LogP contribution in [-0.2, 0) is 4.79 Å². The Morgan fingerprint density at radius 2 is 2.10 bits per heavy atom. The molecule has 0 bridgehead atoms.